The van der Waals surface area contributed by atoms with Gasteiger partial charge in [-0.05, 0) is 57.1 Å². The van der Waals surface area contributed by atoms with E-state index in [1.54, 1.807) is 6.20 Å². The first kappa shape index (κ1) is 20.6. The molecule has 158 valence electrons. The standard InChI is InChI=1S/C20H27ClN4O3S/c1-12(2)28-14-6-4-13(5-7-14)18-16(21)8-9-25(29(3,26)27)20-15-10-22-23-11-17(15)24-19(18)20/h8,11-14,24H,4-7,9-10H2,1-3H3. The van der Waals surface area contributed by atoms with Gasteiger partial charge < -0.3 is 9.72 Å². The maximum atomic E-state index is 12.6. The molecule has 3 aliphatic rings. The summed E-state index contributed by atoms with van der Waals surface area (Å²) in [5.74, 6) is 0.248. The summed E-state index contributed by atoms with van der Waals surface area (Å²) in [5, 5.41) is 10.3. The van der Waals surface area contributed by atoms with Gasteiger partial charge in [0.2, 0.25) is 10.0 Å². The summed E-state index contributed by atoms with van der Waals surface area (Å²) in [6, 6.07) is 0. The maximum absolute atomic E-state index is 12.6. The Labute approximate surface area is 176 Å². The summed E-state index contributed by atoms with van der Waals surface area (Å²) in [6.07, 6.45) is 9.03. The average molecular weight is 439 g/mol. The van der Waals surface area contributed by atoms with Crippen molar-refractivity contribution in [2.75, 3.05) is 17.1 Å². The summed E-state index contributed by atoms with van der Waals surface area (Å²) < 4.78 is 32.6. The van der Waals surface area contributed by atoms with E-state index in [4.69, 9.17) is 16.3 Å². The van der Waals surface area contributed by atoms with Crippen molar-refractivity contribution in [2.24, 2.45) is 16.1 Å². The van der Waals surface area contributed by atoms with Crippen LogP contribution in [0, 0.1) is 5.92 Å². The molecule has 0 saturated heterocycles. The fourth-order valence-electron chi connectivity index (χ4n) is 4.55. The quantitative estimate of drug-likeness (QED) is 0.784. The van der Waals surface area contributed by atoms with Crippen LogP contribution in [0.2, 0.25) is 0 Å². The van der Waals surface area contributed by atoms with Crippen LogP contribution in [-0.4, -0.2) is 38.4 Å². The number of H-pyrrole nitrogens is 1. The molecule has 3 heterocycles. The normalized spacial score (nSPS) is 24.7. The molecule has 4 rings (SSSR count). The second-order valence-electron chi connectivity index (χ2n) is 8.20. The number of aromatic nitrogens is 1. The van der Waals surface area contributed by atoms with Gasteiger partial charge in [0, 0.05) is 10.6 Å². The summed E-state index contributed by atoms with van der Waals surface area (Å²) >= 11 is 6.74. The first-order chi connectivity index (χ1) is 13.8. The monoisotopic (exact) mass is 438 g/mol. The van der Waals surface area contributed by atoms with Crippen molar-refractivity contribution in [1.29, 1.82) is 0 Å². The molecule has 9 heteroatoms. The zero-order valence-electron chi connectivity index (χ0n) is 17.0. The molecule has 0 amide bonds. The number of sulfonamides is 1. The van der Waals surface area contributed by atoms with E-state index >= 15 is 0 Å². The Morgan fingerprint density at radius 2 is 2.00 bits per heavy atom. The number of halogens is 1. The number of allylic oxidation sites excluding steroid dienone is 1. The molecule has 29 heavy (non-hydrogen) atoms. The third-order valence-corrected chi connectivity index (χ3v) is 7.25. The van der Waals surface area contributed by atoms with Gasteiger partial charge in [-0.2, -0.15) is 10.2 Å². The van der Waals surface area contributed by atoms with E-state index in [1.165, 1.54) is 10.6 Å². The minimum absolute atomic E-state index is 0.210. The minimum atomic E-state index is -3.48. The fraction of sp³-hybridized carbons (Fsp3) is 0.600. The van der Waals surface area contributed by atoms with E-state index in [9.17, 15) is 8.42 Å². The number of hydrogen-bond acceptors (Lipinski definition) is 5. The van der Waals surface area contributed by atoms with Crippen LogP contribution in [0.4, 0.5) is 5.69 Å². The van der Waals surface area contributed by atoms with Crippen molar-refractivity contribution < 1.29 is 13.2 Å². The molecular formula is C20H27ClN4O3S. The Kier molecular flexibility index (Phi) is 5.61. The van der Waals surface area contributed by atoms with Gasteiger partial charge in [-0.3, -0.25) is 4.31 Å². The van der Waals surface area contributed by atoms with Gasteiger partial charge in [-0.25, -0.2) is 8.42 Å². The Morgan fingerprint density at radius 3 is 2.66 bits per heavy atom. The predicted octanol–water partition coefficient (Wildman–Crippen LogP) is 2.76. The molecule has 1 saturated carbocycles. The van der Waals surface area contributed by atoms with E-state index in [0.717, 1.165) is 47.5 Å². The molecule has 1 aromatic rings. The predicted molar refractivity (Wildman–Crippen MR) is 115 cm³/mol. The van der Waals surface area contributed by atoms with Crippen molar-refractivity contribution in [3.05, 3.63) is 27.4 Å². The van der Waals surface area contributed by atoms with Crippen molar-refractivity contribution >= 4 is 39.1 Å². The molecule has 0 spiro atoms. The smallest absolute Gasteiger partial charge is 0.232 e. The van der Waals surface area contributed by atoms with Crippen molar-refractivity contribution in [3.8, 4) is 0 Å². The molecule has 2 aliphatic heterocycles. The molecule has 0 bridgehead atoms. The van der Waals surface area contributed by atoms with Crippen LogP contribution < -0.4 is 15.0 Å². The van der Waals surface area contributed by atoms with Crippen LogP contribution in [0.5, 0.6) is 0 Å². The third-order valence-electron chi connectivity index (χ3n) is 5.76. The minimum Gasteiger partial charge on any atom is -0.376 e. The molecule has 1 fully saturated rings. The number of rotatable bonds is 4. The second-order valence-corrected chi connectivity index (χ2v) is 10.5. The fourth-order valence-corrected chi connectivity index (χ4v) is 5.75. The summed E-state index contributed by atoms with van der Waals surface area (Å²) in [6.45, 7) is 4.69. The lowest BCUT2D eigenvalue weighted by Gasteiger charge is -2.31. The summed E-state index contributed by atoms with van der Waals surface area (Å²) in [7, 11) is -3.48. The van der Waals surface area contributed by atoms with E-state index < -0.39 is 10.0 Å². The maximum Gasteiger partial charge on any atom is 0.232 e. The van der Waals surface area contributed by atoms with Crippen LogP contribution in [0.25, 0.3) is 11.8 Å². The Balaban J connectivity index is 1.83. The Bertz CT molecular complexity index is 1080. The molecule has 0 atom stereocenters. The largest absolute Gasteiger partial charge is 0.376 e. The second kappa shape index (κ2) is 7.89. The van der Waals surface area contributed by atoms with E-state index in [0.29, 0.717) is 17.3 Å². The SMILES string of the molecule is CC(C)OC1CCC(C2=c3[nH]c4c(c3N(S(C)(=O)=O)CC=C2Cl)CN=NC=4)CC1. The highest BCUT2D eigenvalue weighted by Crippen LogP contribution is 2.38. The van der Waals surface area contributed by atoms with Crippen LogP contribution >= 0.6 is 11.6 Å². The lowest BCUT2D eigenvalue weighted by atomic mass is 9.81. The highest BCUT2D eigenvalue weighted by molar-refractivity contribution is 7.92. The zero-order chi connectivity index (χ0) is 20.8. The molecule has 0 unspecified atom stereocenters. The van der Waals surface area contributed by atoms with E-state index in [1.807, 2.05) is 6.08 Å². The summed E-state index contributed by atoms with van der Waals surface area (Å²) in [4.78, 5) is 3.41. The number of azo groups is 1. The number of nitrogens with zero attached hydrogens (tertiary/aromatic N) is 3. The highest BCUT2D eigenvalue weighted by Gasteiger charge is 2.32. The topological polar surface area (TPSA) is 87.1 Å². The first-order valence-electron chi connectivity index (χ1n) is 10.1. The number of anilines is 1. The molecule has 1 aromatic heterocycles. The van der Waals surface area contributed by atoms with Crippen LogP contribution in [0.3, 0.4) is 0 Å². The summed E-state index contributed by atoms with van der Waals surface area (Å²) in [5.41, 5.74) is 2.52. The van der Waals surface area contributed by atoms with Crippen molar-refractivity contribution in [1.82, 2.24) is 4.98 Å². The van der Waals surface area contributed by atoms with Gasteiger partial charge in [-0.1, -0.05) is 11.6 Å². The van der Waals surface area contributed by atoms with Crippen LogP contribution in [0.15, 0.2) is 21.3 Å². The molecular weight excluding hydrogens is 412 g/mol. The molecule has 0 radical (unpaired) electrons. The highest BCUT2D eigenvalue weighted by atomic mass is 35.5. The van der Waals surface area contributed by atoms with Gasteiger partial charge in [0.1, 0.15) is 0 Å². The molecule has 7 nitrogen and oxygen atoms in total. The van der Waals surface area contributed by atoms with Crippen molar-refractivity contribution in [3.63, 3.8) is 0 Å². The Morgan fingerprint density at radius 1 is 1.28 bits per heavy atom. The molecule has 0 aromatic carbocycles. The van der Waals surface area contributed by atoms with Crippen molar-refractivity contribution in [2.45, 2.75) is 58.3 Å². The van der Waals surface area contributed by atoms with E-state index in [-0.39, 0.29) is 24.7 Å². The Hall–Kier alpha value is -1.64. The number of fused-ring (bicyclic) bond motifs is 3. The first-order valence-corrected chi connectivity index (χ1v) is 12.3. The van der Waals surface area contributed by atoms with Crippen LogP contribution in [-0.2, 0) is 21.3 Å². The number of hydrogen-bond donors (Lipinski definition) is 1. The van der Waals surface area contributed by atoms with Gasteiger partial charge in [0.25, 0.3) is 0 Å². The average Bonchev–Trinajstić information content (AvgIpc) is 2.93. The lowest BCUT2D eigenvalue weighted by molar-refractivity contribution is -0.0159. The van der Waals surface area contributed by atoms with Gasteiger partial charge >= 0.3 is 0 Å². The van der Waals surface area contributed by atoms with E-state index in [2.05, 4.69) is 29.1 Å². The van der Waals surface area contributed by atoms with Crippen LogP contribution in [0.1, 0.15) is 45.1 Å². The number of aromatic amines is 1. The zero-order valence-corrected chi connectivity index (χ0v) is 18.6. The number of ether oxygens (including phenoxy) is 1. The van der Waals surface area contributed by atoms with Gasteiger partial charge in [0.05, 0.1) is 54.1 Å². The molecule has 1 N–H and O–H groups in total. The number of nitrogens with one attached hydrogen (secondary N) is 1. The lowest BCUT2D eigenvalue weighted by Crippen LogP contribution is -2.34. The van der Waals surface area contributed by atoms with Gasteiger partial charge in [-0.15, -0.1) is 0 Å². The molecule has 1 aliphatic carbocycles. The third kappa shape index (κ3) is 4.02. The van der Waals surface area contributed by atoms with Gasteiger partial charge in [0.15, 0.2) is 0 Å².